The second-order valence-electron chi connectivity index (χ2n) is 7.53. The van der Waals surface area contributed by atoms with E-state index in [4.69, 9.17) is 4.74 Å². The SMILES string of the molecule is Cc1ccc(OC2CCN(C(=O)c3nn(C)c4c3CCCC4)CC2)cc1. The molecule has 0 bridgehead atoms. The maximum absolute atomic E-state index is 13.0. The normalized spacial score (nSPS) is 17.8. The molecule has 2 aromatic rings. The zero-order valence-electron chi connectivity index (χ0n) is 15.7. The Morgan fingerprint density at radius 2 is 1.81 bits per heavy atom. The minimum atomic E-state index is 0.0949. The van der Waals surface area contributed by atoms with Crippen molar-refractivity contribution in [3.05, 3.63) is 46.8 Å². The quantitative estimate of drug-likeness (QED) is 0.851. The predicted molar refractivity (Wildman–Crippen MR) is 101 cm³/mol. The fourth-order valence-electron chi connectivity index (χ4n) is 4.08. The fourth-order valence-corrected chi connectivity index (χ4v) is 4.08. The zero-order chi connectivity index (χ0) is 18.1. The van der Waals surface area contributed by atoms with Gasteiger partial charge in [-0.3, -0.25) is 9.48 Å². The molecule has 0 saturated carbocycles. The lowest BCUT2D eigenvalue weighted by Gasteiger charge is -2.32. The number of amides is 1. The highest BCUT2D eigenvalue weighted by atomic mass is 16.5. The molecule has 0 N–H and O–H groups in total. The van der Waals surface area contributed by atoms with Crippen molar-refractivity contribution >= 4 is 5.91 Å². The van der Waals surface area contributed by atoms with E-state index in [2.05, 4.69) is 24.2 Å². The second-order valence-corrected chi connectivity index (χ2v) is 7.53. The number of rotatable bonds is 3. The molecule has 2 heterocycles. The van der Waals surface area contributed by atoms with Crippen molar-refractivity contribution in [2.24, 2.45) is 7.05 Å². The number of likely N-dealkylation sites (tertiary alicyclic amines) is 1. The molecule has 0 atom stereocenters. The molecule has 1 amide bonds. The van der Waals surface area contributed by atoms with Crippen LogP contribution in [0.25, 0.3) is 0 Å². The van der Waals surface area contributed by atoms with Crippen LogP contribution in [0.15, 0.2) is 24.3 Å². The van der Waals surface area contributed by atoms with Crippen LogP contribution < -0.4 is 4.74 Å². The third-order valence-electron chi connectivity index (χ3n) is 5.62. The first-order chi connectivity index (χ1) is 12.6. The van der Waals surface area contributed by atoms with E-state index in [0.717, 1.165) is 50.9 Å². The van der Waals surface area contributed by atoms with E-state index in [1.54, 1.807) is 0 Å². The summed E-state index contributed by atoms with van der Waals surface area (Å²) in [5.74, 6) is 1.01. The van der Waals surface area contributed by atoms with Gasteiger partial charge in [-0.15, -0.1) is 0 Å². The van der Waals surface area contributed by atoms with Crippen molar-refractivity contribution in [3.8, 4) is 5.75 Å². The van der Waals surface area contributed by atoms with Gasteiger partial charge in [0.05, 0.1) is 0 Å². The molecule has 138 valence electrons. The summed E-state index contributed by atoms with van der Waals surface area (Å²) in [7, 11) is 1.96. The van der Waals surface area contributed by atoms with Gasteiger partial charge in [-0.05, 0) is 44.7 Å². The first-order valence-corrected chi connectivity index (χ1v) is 9.69. The third kappa shape index (κ3) is 3.35. The summed E-state index contributed by atoms with van der Waals surface area (Å²) in [6.45, 7) is 3.55. The topological polar surface area (TPSA) is 47.4 Å². The van der Waals surface area contributed by atoms with Crippen LogP contribution in [0.5, 0.6) is 5.75 Å². The number of fused-ring (bicyclic) bond motifs is 1. The Labute approximate surface area is 154 Å². The van der Waals surface area contributed by atoms with Gasteiger partial charge in [-0.25, -0.2) is 0 Å². The third-order valence-corrected chi connectivity index (χ3v) is 5.62. The van der Waals surface area contributed by atoms with Crippen LogP contribution in [-0.2, 0) is 19.9 Å². The number of aryl methyl sites for hydroxylation is 2. The van der Waals surface area contributed by atoms with Crippen LogP contribution >= 0.6 is 0 Å². The molecular weight excluding hydrogens is 326 g/mol. The lowest BCUT2D eigenvalue weighted by Crippen LogP contribution is -2.42. The smallest absolute Gasteiger partial charge is 0.274 e. The monoisotopic (exact) mass is 353 g/mol. The van der Waals surface area contributed by atoms with Crippen molar-refractivity contribution in [3.63, 3.8) is 0 Å². The maximum atomic E-state index is 13.0. The number of hydrogen-bond donors (Lipinski definition) is 0. The molecule has 1 aliphatic carbocycles. The predicted octanol–water partition coefficient (Wildman–Crippen LogP) is 3.29. The molecular formula is C21H27N3O2. The summed E-state index contributed by atoms with van der Waals surface area (Å²) in [6, 6.07) is 8.18. The summed E-state index contributed by atoms with van der Waals surface area (Å²) < 4.78 is 7.99. The molecule has 1 aromatic heterocycles. The molecule has 0 radical (unpaired) electrons. The van der Waals surface area contributed by atoms with Gasteiger partial charge in [0.1, 0.15) is 11.9 Å². The lowest BCUT2D eigenvalue weighted by atomic mass is 9.95. The standard InChI is InChI=1S/C21H27N3O2/c1-15-7-9-16(10-8-15)26-17-11-13-24(14-12-17)21(25)20-18-5-3-4-6-19(18)23(2)22-20/h7-10,17H,3-6,11-14H2,1-2H3. The van der Waals surface area contributed by atoms with E-state index in [1.807, 2.05) is 28.8 Å². The summed E-state index contributed by atoms with van der Waals surface area (Å²) in [4.78, 5) is 14.9. The average molecular weight is 353 g/mol. The van der Waals surface area contributed by atoms with Crippen molar-refractivity contribution in [2.45, 2.75) is 51.6 Å². The molecule has 1 saturated heterocycles. The Kier molecular flexibility index (Phi) is 4.70. The van der Waals surface area contributed by atoms with Crippen molar-refractivity contribution < 1.29 is 9.53 Å². The molecule has 0 unspecified atom stereocenters. The van der Waals surface area contributed by atoms with Gasteiger partial charge in [0, 0.05) is 44.2 Å². The first-order valence-electron chi connectivity index (χ1n) is 9.69. The van der Waals surface area contributed by atoms with Gasteiger partial charge in [0.15, 0.2) is 5.69 Å². The van der Waals surface area contributed by atoms with Gasteiger partial charge < -0.3 is 9.64 Å². The van der Waals surface area contributed by atoms with Gasteiger partial charge in [-0.2, -0.15) is 5.10 Å². The molecule has 1 fully saturated rings. The number of aromatic nitrogens is 2. The molecule has 1 aliphatic heterocycles. The molecule has 5 nitrogen and oxygen atoms in total. The Balaban J connectivity index is 1.39. The highest BCUT2D eigenvalue weighted by Gasteiger charge is 2.30. The number of piperidine rings is 1. The van der Waals surface area contributed by atoms with Crippen LogP contribution in [0.4, 0.5) is 0 Å². The van der Waals surface area contributed by atoms with Crippen LogP contribution in [0.2, 0.25) is 0 Å². The van der Waals surface area contributed by atoms with Crippen LogP contribution in [0, 0.1) is 6.92 Å². The molecule has 5 heteroatoms. The van der Waals surface area contributed by atoms with E-state index in [9.17, 15) is 4.79 Å². The van der Waals surface area contributed by atoms with Crippen molar-refractivity contribution in [1.29, 1.82) is 0 Å². The number of carbonyl (C=O) groups excluding carboxylic acids is 1. The summed E-state index contributed by atoms with van der Waals surface area (Å²) in [5, 5.41) is 4.56. The Morgan fingerprint density at radius 1 is 1.12 bits per heavy atom. The highest BCUT2D eigenvalue weighted by molar-refractivity contribution is 5.94. The van der Waals surface area contributed by atoms with E-state index >= 15 is 0 Å². The minimum Gasteiger partial charge on any atom is -0.490 e. The van der Waals surface area contributed by atoms with E-state index < -0.39 is 0 Å². The average Bonchev–Trinajstić information content (AvgIpc) is 3.01. The number of carbonyl (C=O) groups is 1. The summed E-state index contributed by atoms with van der Waals surface area (Å²) in [6.07, 6.45) is 6.30. The first kappa shape index (κ1) is 17.1. The number of ether oxygens (including phenoxy) is 1. The van der Waals surface area contributed by atoms with Gasteiger partial charge in [0.25, 0.3) is 5.91 Å². The number of nitrogens with zero attached hydrogens (tertiary/aromatic N) is 3. The molecule has 4 rings (SSSR count). The minimum absolute atomic E-state index is 0.0949. The Bertz CT molecular complexity index is 786. The van der Waals surface area contributed by atoms with E-state index in [-0.39, 0.29) is 12.0 Å². The second kappa shape index (κ2) is 7.14. The molecule has 26 heavy (non-hydrogen) atoms. The van der Waals surface area contributed by atoms with Gasteiger partial charge in [-0.1, -0.05) is 17.7 Å². The number of benzene rings is 1. The zero-order valence-corrected chi connectivity index (χ0v) is 15.7. The van der Waals surface area contributed by atoms with Crippen molar-refractivity contribution in [2.75, 3.05) is 13.1 Å². The van der Waals surface area contributed by atoms with Gasteiger partial charge >= 0.3 is 0 Å². The number of hydrogen-bond acceptors (Lipinski definition) is 3. The highest BCUT2D eigenvalue weighted by Crippen LogP contribution is 2.26. The maximum Gasteiger partial charge on any atom is 0.274 e. The van der Waals surface area contributed by atoms with Crippen LogP contribution in [-0.4, -0.2) is 39.8 Å². The molecule has 1 aromatic carbocycles. The van der Waals surface area contributed by atoms with E-state index in [1.165, 1.54) is 23.2 Å². The van der Waals surface area contributed by atoms with Crippen LogP contribution in [0.1, 0.15) is 53.0 Å². The lowest BCUT2D eigenvalue weighted by molar-refractivity contribution is 0.0588. The molecule has 2 aliphatic rings. The summed E-state index contributed by atoms with van der Waals surface area (Å²) in [5.41, 5.74) is 4.34. The van der Waals surface area contributed by atoms with Crippen molar-refractivity contribution in [1.82, 2.24) is 14.7 Å². The van der Waals surface area contributed by atoms with Gasteiger partial charge in [0.2, 0.25) is 0 Å². The Hall–Kier alpha value is -2.30. The fraction of sp³-hybridized carbons (Fsp3) is 0.524. The largest absolute Gasteiger partial charge is 0.490 e. The molecule has 0 spiro atoms. The van der Waals surface area contributed by atoms with Crippen LogP contribution in [0.3, 0.4) is 0 Å². The van der Waals surface area contributed by atoms with E-state index in [0.29, 0.717) is 5.69 Å². The Morgan fingerprint density at radius 3 is 2.54 bits per heavy atom. The summed E-state index contributed by atoms with van der Waals surface area (Å²) >= 11 is 0.